The van der Waals surface area contributed by atoms with Crippen LogP contribution in [0.15, 0.2) is 41.3 Å². The summed E-state index contributed by atoms with van der Waals surface area (Å²) in [5, 5.41) is 12.8. The number of alkyl halides is 1. The fraction of sp³-hybridized carbons (Fsp3) is 0.286. The monoisotopic (exact) mass is 450 g/mol. The maximum Gasteiger partial charge on any atom is 0.276 e. The van der Waals surface area contributed by atoms with E-state index in [-0.39, 0.29) is 12.1 Å². The van der Waals surface area contributed by atoms with Gasteiger partial charge in [-0.3, -0.25) is 19.1 Å². The molecule has 0 aliphatic carbocycles. The molecule has 2 amide bonds. The van der Waals surface area contributed by atoms with Crippen LogP contribution in [0.3, 0.4) is 0 Å². The molecule has 0 radical (unpaired) electrons. The number of likely N-dealkylation sites (N-methyl/N-ethyl adjacent to an activating group) is 1. The van der Waals surface area contributed by atoms with Crippen LogP contribution < -0.4 is 16.2 Å². The summed E-state index contributed by atoms with van der Waals surface area (Å²) in [6.07, 6.45) is 4.03. The number of nitrogens with zero attached hydrogens (tertiary/aromatic N) is 2. The van der Waals surface area contributed by atoms with E-state index in [0.717, 1.165) is 23.0 Å². The van der Waals surface area contributed by atoms with Gasteiger partial charge in [-0.15, -0.1) is 0 Å². The summed E-state index contributed by atoms with van der Waals surface area (Å²) < 4.78 is 41.2. The van der Waals surface area contributed by atoms with Gasteiger partial charge >= 0.3 is 0 Å². The smallest absolute Gasteiger partial charge is 0.276 e. The lowest BCUT2D eigenvalue weighted by atomic mass is 10.1. The van der Waals surface area contributed by atoms with Gasteiger partial charge in [-0.25, -0.2) is 13.2 Å². The molecule has 3 N–H and O–H groups in total. The van der Waals surface area contributed by atoms with Gasteiger partial charge in [-0.1, -0.05) is 18.2 Å². The van der Waals surface area contributed by atoms with Gasteiger partial charge in [0, 0.05) is 37.5 Å². The van der Waals surface area contributed by atoms with E-state index in [0.29, 0.717) is 6.07 Å². The second kappa shape index (κ2) is 9.16. The lowest BCUT2D eigenvalue weighted by molar-refractivity contribution is 0.0755. The predicted octanol–water partition coefficient (Wildman–Crippen LogP) is 1.67. The highest BCUT2D eigenvalue weighted by molar-refractivity contribution is 5.98. The van der Waals surface area contributed by atoms with Crippen LogP contribution in [0.25, 0.3) is 0 Å². The van der Waals surface area contributed by atoms with Crippen LogP contribution in [0, 0.1) is 11.6 Å². The van der Waals surface area contributed by atoms with Crippen molar-refractivity contribution >= 4 is 11.8 Å². The van der Waals surface area contributed by atoms with Crippen LogP contribution in [-0.2, 0) is 6.54 Å². The summed E-state index contributed by atoms with van der Waals surface area (Å²) in [5.41, 5.74) is 0.450. The summed E-state index contributed by atoms with van der Waals surface area (Å²) in [6, 6.07) is 1.41. The molecule has 11 heteroatoms. The fourth-order valence-electron chi connectivity index (χ4n) is 3.09. The average Bonchev–Trinajstić information content (AvgIpc) is 2.80. The van der Waals surface area contributed by atoms with E-state index < -0.39 is 64.6 Å². The van der Waals surface area contributed by atoms with Crippen LogP contribution in [0.1, 0.15) is 33.3 Å². The third-order valence-corrected chi connectivity index (χ3v) is 5.11. The second-order valence-electron chi connectivity index (χ2n) is 7.29. The molecule has 1 aliphatic heterocycles. The van der Waals surface area contributed by atoms with E-state index >= 15 is 0 Å². The normalized spacial score (nSPS) is 19.3. The molecular formula is C21H21F3N4O4. The Morgan fingerprint density at radius 2 is 1.97 bits per heavy atom. The van der Waals surface area contributed by atoms with Crippen LogP contribution in [0.4, 0.5) is 13.2 Å². The second-order valence-corrected chi connectivity index (χ2v) is 7.29. The Morgan fingerprint density at radius 3 is 2.62 bits per heavy atom. The molecule has 0 saturated carbocycles. The number of carbonyl (C=O) groups excluding carboxylic acids is 2. The number of benzene rings is 1. The largest absolute Gasteiger partial charge is 0.502 e. The number of hydrogen-bond donors (Lipinski definition) is 3. The Morgan fingerprint density at radius 1 is 1.25 bits per heavy atom. The van der Waals surface area contributed by atoms with Crippen molar-refractivity contribution in [2.45, 2.75) is 25.6 Å². The standard InChI is InChI=1S/C21H21F3N4O4/c1-11-3-6-14(8-22)26-28-10-15(18(29)19(30)17(28)21(32)27(11)2)20(31)25-9-12-4-5-13(23)7-16(12)24/h3-7,10-11,14,26,30H,8-9H2,1-2H3,(H,25,31)/b6-3-. The van der Waals surface area contributed by atoms with Gasteiger partial charge in [0.25, 0.3) is 11.8 Å². The first-order valence-electron chi connectivity index (χ1n) is 9.62. The van der Waals surface area contributed by atoms with Gasteiger partial charge < -0.3 is 20.7 Å². The van der Waals surface area contributed by atoms with Crippen LogP contribution in [0.5, 0.6) is 5.75 Å². The third-order valence-electron chi connectivity index (χ3n) is 5.11. The molecule has 2 aromatic rings. The van der Waals surface area contributed by atoms with Gasteiger partial charge in [-0.05, 0) is 13.0 Å². The zero-order chi connectivity index (χ0) is 23.6. The minimum absolute atomic E-state index is 0.0293. The lowest BCUT2D eigenvalue weighted by Gasteiger charge is -2.24. The van der Waals surface area contributed by atoms with Crippen molar-refractivity contribution in [1.82, 2.24) is 14.9 Å². The molecule has 0 spiro atoms. The van der Waals surface area contributed by atoms with Gasteiger partial charge in [-0.2, -0.15) is 0 Å². The summed E-state index contributed by atoms with van der Waals surface area (Å²) in [5.74, 6) is -4.38. The Labute approximate surface area is 180 Å². The maximum absolute atomic E-state index is 13.8. The van der Waals surface area contributed by atoms with Crippen molar-refractivity contribution in [2.75, 3.05) is 19.1 Å². The summed E-state index contributed by atoms with van der Waals surface area (Å²) in [7, 11) is 1.44. The average molecular weight is 450 g/mol. The molecule has 0 saturated heterocycles. The van der Waals surface area contributed by atoms with Crippen molar-refractivity contribution in [3.8, 4) is 5.75 Å². The molecule has 1 aromatic heterocycles. The van der Waals surface area contributed by atoms with Crippen LogP contribution in [-0.4, -0.2) is 52.3 Å². The quantitative estimate of drug-likeness (QED) is 0.615. The first-order valence-corrected chi connectivity index (χ1v) is 9.62. The number of nitrogens with one attached hydrogen (secondary N) is 2. The summed E-state index contributed by atoms with van der Waals surface area (Å²) >= 11 is 0. The number of halogens is 3. The minimum atomic E-state index is -1.13. The fourth-order valence-corrected chi connectivity index (χ4v) is 3.09. The Bertz CT molecular complexity index is 1150. The van der Waals surface area contributed by atoms with Crippen molar-refractivity contribution in [3.63, 3.8) is 0 Å². The number of rotatable bonds is 4. The molecule has 1 aromatic carbocycles. The molecule has 8 nitrogen and oxygen atoms in total. The van der Waals surface area contributed by atoms with E-state index in [1.807, 2.05) is 0 Å². The number of carbonyl (C=O) groups is 2. The number of aromatic nitrogens is 1. The SMILES string of the molecule is CC1/C=C\C(CF)Nn2cc(C(=O)NCc3ccc(F)cc3F)c(=O)c(O)c2C(=O)N1C. The van der Waals surface area contributed by atoms with Crippen molar-refractivity contribution in [3.05, 3.63) is 75.2 Å². The molecule has 2 heterocycles. The van der Waals surface area contributed by atoms with Gasteiger partial charge in [0.2, 0.25) is 5.43 Å². The first kappa shape index (κ1) is 22.9. The topological polar surface area (TPSA) is 104 Å². The Balaban J connectivity index is 1.99. The minimum Gasteiger partial charge on any atom is -0.502 e. The molecule has 0 bridgehead atoms. The number of pyridine rings is 1. The molecule has 0 fully saturated rings. The number of amides is 2. The van der Waals surface area contributed by atoms with Gasteiger partial charge in [0.05, 0.1) is 6.04 Å². The van der Waals surface area contributed by atoms with Crippen molar-refractivity contribution in [1.29, 1.82) is 0 Å². The van der Waals surface area contributed by atoms with Gasteiger partial charge in [0.15, 0.2) is 11.4 Å². The van der Waals surface area contributed by atoms with E-state index in [4.69, 9.17) is 0 Å². The number of hydrogen-bond acceptors (Lipinski definition) is 5. The highest BCUT2D eigenvalue weighted by atomic mass is 19.1. The van der Waals surface area contributed by atoms with E-state index in [9.17, 15) is 32.7 Å². The highest BCUT2D eigenvalue weighted by Gasteiger charge is 2.29. The van der Waals surface area contributed by atoms with Crippen molar-refractivity contribution in [2.24, 2.45) is 0 Å². The van der Waals surface area contributed by atoms with E-state index in [1.165, 1.54) is 18.0 Å². The summed E-state index contributed by atoms with van der Waals surface area (Å²) in [4.78, 5) is 39.3. The summed E-state index contributed by atoms with van der Waals surface area (Å²) in [6.45, 7) is 0.430. The molecule has 1 aliphatic rings. The first-order chi connectivity index (χ1) is 15.1. The predicted molar refractivity (Wildman–Crippen MR) is 110 cm³/mol. The maximum atomic E-state index is 13.8. The molecule has 2 unspecified atom stereocenters. The zero-order valence-corrected chi connectivity index (χ0v) is 17.2. The number of fused-ring (bicyclic) bond motifs is 1. The Kier molecular flexibility index (Phi) is 6.56. The molecular weight excluding hydrogens is 429 g/mol. The number of aromatic hydroxyl groups is 1. The third kappa shape index (κ3) is 4.46. The molecule has 3 rings (SSSR count). The van der Waals surface area contributed by atoms with Crippen LogP contribution in [0.2, 0.25) is 0 Å². The molecule has 2 atom stereocenters. The van der Waals surface area contributed by atoms with E-state index in [2.05, 4.69) is 10.7 Å². The zero-order valence-electron chi connectivity index (χ0n) is 17.2. The Hall–Kier alpha value is -3.76. The molecule has 32 heavy (non-hydrogen) atoms. The highest BCUT2D eigenvalue weighted by Crippen LogP contribution is 2.19. The van der Waals surface area contributed by atoms with Gasteiger partial charge in [0.1, 0.15) is 23.9 Å². The lowest BCUT2D eigenvalue weighted by Crippen LogP contribution is -2.39. The van der Waals surface area contributed by atoms with E-state index in [1.54, 1.807) is 13.0 Å². The molecule has 170 valence electrons. The van der Waals surface area contributed by atoms with Crippen molar-refractivity contribution < 1.29 is 27.9 Å². The van der Waals surface area contributed by atoms with Crippen LogP contribution >= 0.6 is 0 Å².